The summed E-state index contributed by atoms with van der Waals surface area (Å²) >= 11 is 1.79. The molecule has 1 heterocycles. The SMILES string of the molecule is CN=C(NCC1(O)CCC1)N(C)CCc1cccs1.I. The van der Waals surface area contributed by atoms with Crippen LogP contribution in [0.25, 0.3) is 0 Å². The molecule has 1 saturated carbocycles. The van der Waals surface area contributed by atoms with Gasteiger partial charge in [-0.1, -0.05) is 6.07 Å². The van der Waals surface area contributed by atoms with Crippen molar-refractivity contribution in [2.24, 2.45) is 4.99 Å². The Morgan fingerprint density at radius 2 is 2.30 bits per heavy atom. The Morgan fingerprint density at radius 3 is 2.80 bits per heavy atom. The molecule has 0 amide bonds. The molecule has 0 radical (unpaired) electrons. The molecule has 0 aliphatic heterocycles. The van der Waals surface area contributed by atoms with Gasteiger partial charge in [0.2, 0.25) is 0 Å². The smallest absolute Gasteiger partial charge is 0.193 e. The number of nitrogens with zero attached hydrogens (tertiary/aromatic N) is 2. The predicted octanol–water partition coefficient (Wildman–Crippen LogP) is 2.33. The summed E-state index contributed by atoms with van der Waals surface area (Å²) in [5.74, 6) is 0.858. The molecule has 0 aromatic carbocycles. The van der Waals surface area contributed by atoms with E-state index in [1.165, 1.54) is 4.88 Å². The highest BCUT2D eigenvalue weighted by molar-refractivity contribution is 14.0. The highest BCUT2D eigenvalue weighted by atomic mass is 127. The van der Waals surface area contributed by atoms with Crippen LogP contribution in [0, 0.1) is 0 Å². The molecule has 0 saturated heterocycles. The second kappa shape index (κ2) is 8.19. The standard InChI is InChI=1S/C14H23N3OS.HI/c1-15-13(16-11-14(18)7-4-8-14)17(2)9-6-12-5-3-10-19-12;/h3,5,10,18H,4,6-9,11H2,1-2H3,(H,15,16);1H. The molecular weight excluding hydrogens is 385 g/mol. The van der Waals surface area contributed by atoms with Crippen molar-refractivity contribution in [2.75, 3.05) is 27.2 Å². The minimum absolute atomic E-state index is 0. The number of aliphatic imine (C=N–C) groups is 1. The van der Waals surface area contributed by atoms with E-state index in [2.05, 4.69) is 32.7 Å². The van der Waals surface area contributed by atoms with Crippen molar-refractivity contribution in [3.05, 3.63) is 22.4 Å². The first-order valence-electron chi connectivity index (χ1n) is 6.79. The van der Waals surface area contributed by atoms with Gasteiger partial charge in [-0.25, -0.2) is 0 Å². The quantitative estimate of drug-likeness (QED) is 0.446. The van der Waals surface area contributed by atoms with Gasteiger partial charge in [0.1, 0.15) is 0 Å². The molecule has 0 spiro atoms. The van der Waals surface area contributed by atoms with Crippen molar-refractivity contribution in [1.29, 1.82) is 0 Å². The van der Waals surface area contributed by atoms with Crippen LogP contribution in [0.4, 0.5) is 0 Å². The van der Waals surface area contributed by atoms with E-state index in [0.29, 0.717) is 6.54 Å². The Labute approximate surface area is 142 Å². The van der Waals surface area contributed by atoms with Gasteiger partial charge in [-0.2, -0.15) is 0 Å². The molecule has 1 aromatic heterocycles. The second-order valence-corrected chi connectivity index (χ2v) is 6.26. The maximum absolute atomic E-state index is 10.1. The minimum Gasteiger partial charge on any atom is -0.388 e. The molecule has 1 fully saturated rings. The number of halogens is 1. The number of hydrogen-bond acceptors (Lipinski definition) is 3. The molecule has 114 valence electrons. The summed E-state index contributed by atoms with van der Waals surface area (Å²) in [5, 5.41) is 15.5. The van der Waals surface area contributed by atoms with Crippen LogP contribution in [0.2, 0.25) is 0 Å². The normalized spacial score (nSPS) is 17.1. The molecule has 1 aliphatic rings. The monoisotopic (exact) mass is 409 g/mol. The van der Waals surface area contributed by atoms with Gasteiger partial charge in [0.25, 0.3) is 0 Å². The first-order chi connectivity index (χ1) is 9.13. The Balaban J connectivity index is 0.00000200. The van der Waals surface area contributed by atoms with Crippen LogP contribution in [0.1, 0.15) is 24.1 Å². The summed E-state index contributed by atoms with van der Waals surface area (Å²) in [6.07, 6.45) is 3.95. The predicted molar refractivity (Wildman–Crippen MR) is 96.2 cm³/mol. The van der Waals surface area contributed by atoms with E-state index >= 15 is 0 Å². The van der Waals surface area contributed by atoms with Crippen molar-refractivity contribution < 1.29 is 5.11 Å². The zero-order valence-corrected chi connectivity index (χ0v) is 15.3. The lowest BCUT2D eigenvalue weighted by molar-refractivity contribution is -0.0282. The largest absolute Gasteiger partial charge is 0.388 e. The van der Waals surface area contributed by atoms with Gasteiger partial charge in [0.05, 0.1) is 5.60 Å². The van der Waals surface area contributed by atoms with E-state index in [-0.39, 0.29) is 24.0 Å². The highest BCUT2D eigenvalue weighted by Gasteiger charge is 2.34. The highest BCUT2D eigenvalue weighted by Crippen LogP contribution is 2.30. The number of likely N-dealkylation sites (N-methyl/N-ethyl adjacent to an activating group) is 1. The maximum atomic E-state index is 10.1. The molecule has 0 unspecified atom stereocenters. The van der Waals surface area contributed by atoms with Gasteiger partial charge in [0, 0.05) is 32.1 Å². The van der Waals surface area contributed by atoms with Gasteiger partial charge in [-0.15, -0.1) is 35.3 Å². The average Bonchev–Trinajstić information content (AvgIpc) is 2.88. The van der Waals surface area contributed by atoms with Crippen LogP contribution < -0.4 is 5.32 Å². The lowest BCUT2D eigenvalue weighted by atomic mass is 9.80. The fourth-order valence-corrected chi connectivity index (χ4v) is 2.93. The average molecular weight is 409 g/mol. The molecule has 0 bridgehead atoms. The van der Waals surface area contributed by atoms with E-state index in [0.717, 1.165) is 38.2 Å². The van der Waals surface area contributed by atoms with Gasteiger partial charge >= 0.3 is 0 Å². The van der Waals surface area contributed by atoms with Crippen molar-refractivity contribution >= 4 is 41.3 Å². The molecule has 2 rings (SSSR count). The first-order valence-corrected chi connectivity index (χ1v) is 7.67. The molecule has 2 N–H and O–H groups in total. The third-order valence-electron chi connectivity index (χ3n) is 3.71. The van der Waals surface area contributed by atoms with Crippen LogP contribution in [0.5, 0.6) is 0 Å². The third-order valence-corrected chi connectivity index (χ3v) is 4.64. The van der Waals surface area contributed by atoms with Gasteiger partial charge in [-0.05, 0) is 37.1 Å². The molecule has 6 heteroatoms. The summed E-state index contributed by atoms with van der Waals surface area (Å²) in [6.45, 7) is 1.53. The lowest BCUT2D eigenvalue weighted by Crippen LogP contribution is -2.51. The number of thiophene rings is 1. The number of hydrogen-bond donors (Lipinski definition) is 2. The molecule has 1 aliphatic carbocycles. The Bertz CT molecular complexity index is 418. The number of nitrogens with one attached hydrogen (secondary N) is 1. The minimum atomic E-state index is -0.509. The van der Waals surface area contributed by atoms with E-state index in [1.54, 1.807) is 18.4 Å². The van der Waals surface area contributed by atoms with Crippen LogP contribution in [0.15, 0.2) is 22.5 Å². The van der Waals surface area contributed by atoms with E-state index in [9.17, 15) is 5.11 Å². The Hall–Kier alpha value is -0.340. The molecule has 1 aromatic rings. The van der Waals surface area contributed by atoms with E-state index < -0.39 is 5.60 Å². The molecular formula is C14H24IN3OS. The van der Waals surface area contributed by atoms with Crippen LogP contribution in [-0.4, -0.2) is 48.8 Å². The van der Waals surface area contributed by atoms with Crippen LogP contribution in [-0.2, 0) is 6.42 Å². The molecule has 0 atom stereocenters. The maximum Gasteiger partial charge on any atom is 0.193 e. The Kier molecular flexibility index (Phi) is 7.25. The van der Waals surface area contributed by atoms with Crippen LogP contribution >= 0.6 is 35.3 Å². The Morgan fingerprint density at radius 1 is 1.55 bits per heavy atom. The molecule has 4 nitrogen and oxygen atoms in total. The third kappa shape index (κ3) is 4.89. The number of aliphatic hydroxyl groups is 1. The van der Waals surface area contributed by atoms with Gasteiger partial charge < -0.3 is 15.3 Å². The van der Waals surface area contributed by atoms with Crippen LogP contribution in [0.3, 0.4) is 0 Å². The zero-order chi connectivity index (χ0) is 13.7. The second-order valence-electron chi connectivity index (χ2n) is 5.23. The summed E-state index contributed by atoms with van der Waals surface area (Å²) in [6, 6.07) is 4.24. The van der Waals surface area contributed by atoms with E-state index in [1.807, 2.05) is 7.05 Å². The van der Waals surface area contributed by atoms with Crippen molar-refractivity contribution in [3.8, 4) is 0 Å². The summed E-state index contributed by atoms with van der Waals surface area (Å²) < 4.78 is 0. The molecule has 20 heavy (non-hydrogen) atoms. The van der Waals surface area contributed by atoms with Gasteiger partial charge in [-0.3, -0.25) is 4.99 Å². The fraction of sp³-hybridized carbons (Fsp3) is 0.643. The number of guanidine groups is 1. The lowest BCUT2D eigenvalue weighted by Gasteiger charge is -2.37. The summed E-state index contributed by atoms with van der Waals surface area (Å²) in [5.41, 5.74) is -0.509. The van der Waals surface area contributed by atoms with Crippen molar-refractivity contribution in [3.63, 3.8) is 0 Å². The fourth-order valence-electron chi connectivity index (χ4n) is 2.23. The summed E-state index contributed by atoms with van der Waals surface area (Å²) in [7, 11) is 3.82. The first kappa shape index (κ1) is 17.7. The number of rotatable bonds is 5. The van der Waals surface area contributed by atoms with E-state index in [4.69, 9.17) is 0 Å². The topological polar surface area (TPSA) is 47.9 Å². The van der Waals surface area contributed by atoms with Crippen molar-refractivity contribution in [1.82, 2.24) is 10.2 Å². The van der Waals surface area contributed by atoms with Crippen molar-refractivity contribution in [2.45, 2.75) is 31.3 Å². The summed E-state index contributed by atoms with van der Waals surface area (Å²) in [4.78, 5) is 7.77. The zero-order valence-electron chi connectivity index (χ0n) is 12.1. The van der Waals surface area contributed by atoms with Gasteiger partial charge in [0.15, 0.2) is 5.96 Å².